The Kier molecular flexibility index (Phi) is 5.57. The number of allylic oxidation sites excluding steroid dienone is 1. The smallest absolute Gasteiger partial charge is 0.253 e. The Labute approximate surface area is 117 Å². The van der Waals surface area contributed by atoms with E-state index in [0.717, 1.165) is 5.57 Å². The zero-order valence-corrected chi connectivity index (χ0v) is 11.7. The summed E-state index contributed by atoms with van der Waals surface area (Å²) in [6.07, 6.45) is 2.22. The van der Waals surface area contributed by atoms with Crippen LogP contribution in [-0.2, 0) is 4.79 Å². The third-order valence-electron chi connectivity index (χ3n) is 2.53. The van der Waals surface area contributed by atoms with Crippen molar-refractivity contribution in [3.63, 3.8) is 0 Å². The summed E-state index contributed by atoms with van der Waals surface area (Å²) >= 11 is 5.92. The van der Waals surface area contributed by atoms with Gasteiger partial charge in [-0.25, -0.2) is 0 Å². The van der Waals surface area contributed by atoms with E-state index in [0.29, 0.717) is 17.0 Å². The Morgan fingerprint density at radius 2 is 2.00 bits per heavy atom. The van der Waals surface area contributed by atoms with E-state index < -0.39 is 17.9 Å². The van der Waals surface area contributed by atoms with Gasteiger partial charge in [0.2, 0.25) is 5.91 Å². The fourth-order valence-corrected chi connectivity index (χ4v) is 1.70. The zero-order valence-electron chi connectivity index (χ0n) is 10.9. The normalized spacial score (nSPS) is 11.5. The summed E-state index contributed by atoms with van der Waals surface area (Å²) in [6, 6.07) is 5.91. The lowest BCUT2D eigenvalue weighted by atomic mass is 10.1. The van der Waals surface area contributed by atoms with Gasteiger partial charge in [0.15, 0.2) is 0 Å². The van der Waals surface area contributed by atoms with Gasteiger partial charge in [-0.3, -0.25) is 9.59 Å². The quantitative estimate of drug-likeness (QED) is 0.812. The first-order valence-electron chi connectivity index (χ1n) is 5.90. The van der Waals surface area contributed by atoms with Crippen LogP contribution in [0.3, 0.4) is 0 Å². The number of amides is 2. The van der Waals surface area contributed by atoms with Gasteiger partial charge in [0.25, 0.3) is 5.91 Å². The predicted molar refractivity (Wildman–Crippen MR) is 75.9 cm³/mol. The number of nitrogens with one attached hydrogen (secondary N) is 1. The summed E-state index contributed by atoms with van der Waals surface area (Å²) < 4.78 is 0. The molecule has 0 fully saturated rings. The van der Waals surface area contributed by atoms with Crippen molar-refractivity contribution in [2.75, 3.05) is 0 Å². The Hall–Kier alpha value is -1.81. The average molecular weight is 281 g/mol. The van der Waals surface area contributed by atoms with Crippen LogP contribution in [0.15, 0.2) is 35.9 Å². The molecule has 0 heterocycles. The van der Waals surface area contributed by atoms with E-state index in [-0.39, 0.29) is 0 Å². The van der Waals surface area contributed by atoms with Crippen molar-refractivity contribution < 1.29 is 9.59 Å². The molecule has 0 saturated heterocycles. The third-order valence-corrected chi connectivity index (χ3v) is 2.86. The maximum Gasteiger partial charge on any atom is 0.253 e. The Morgan fingerprint density at radius 1 is 1.37 bits per heavy atom. The van der Waals surface area contributed by atoms with Gasteiger partial charge in [0.05, 0.1) is 10.6 Å². The van der Waals surface area contributed by atoms with Crippen molar-refractivity contribution in [2.24, 2.45) is 5.73 Å². The molecule has 0 aromatic heterocycles. The van der Waals surface area contributed by atoms with Crippen LogP contribution in [0.4, 0.5) is 0 Å². The van der Waals surface area contributed by atoms with E-state index in [1.807, 2.05) is 19.9 Å². The van der Waals surface area contributed by atoms with E-state index in [2.05, 4.69) is 5.32 Å². The van der Waals surface area contributed by atoms with Crippen molar-refractivity contribution in [3.8, 4) is 0 Å². The highest BCUT2D eigenvalue weighted by molar-refractivity contribution is 6.33. The number of nitrogens with two attached hydrogens (primary N) is 1. The molecule has 5 heteroatoms. The molecule has 1 aromatic carbocycles. The minimum atomic E-state index is -0.737. The van der Waals surface area contributed by atoms with Crippen LogP contribution >= 0.6 is 11.6 Å². The molecule has 3 N–H and O–H groups in total. The maximum absolute atomic E-state index is 12.0. The molecule has 4 nitrogen and oxygen atoms in total. The van der Waals surface area contributed by atoms with Gasteiger partial charge in [-0.05, 0) is 32.4 Å². The summed E-state index contributed by atoms with van der Waals surface area (Å²) in [5, 5.41) is 2.92. The van der Waals surface area contributed by atoms with Gasteiger partial charge in [-0.15, -0.1) is 0 Å². The van der Waals surface area contributed by atoms with Gasteiger partial charge < -0.3 is 11.1 Å². The third kappa shape index (κ3) is 4.75. The summed E-state index contributed by atoms with van der Waals surface area (Å²) in [5.74, 6) is -0.977. The molecule has 0 aliphatic rings. The van der Waals surface area contributed by atoms with E-state index in [4.69, 9.17) is 17.3 Å². The lowest BCUT2D eigenvalue weighted by molar-refractivity contribution is -0.119. The van der Waals surface area contributed by atoms with Crippen LogP contribution in [-0.4, -0.2) is 17.9 Å². The van der Waals surface area contributed by atoms with Crippen LogP contribution in [0.1, 0.15) is 30.6 Å². The van der Waals surface area contributed by atoms with Crippen LogP contribution in [0.5, 0.6) is 0 Å². The highest BCUT2D eigenvalue weighted by Gasteiger charge is 2.18. The van der Waals surface area contributed by atoms with Crippen molar-refractivity contribution in [3.05, 3.63) is 46.5 Å². The van der Waals surface area contributed by atoms with Crippen LogP contribution in [0.2, 0.25) is 5.02 Å². The lowest BCUT2D eigenvalue weighted by Crippen LogP contribution is -2.44. The van der Waals surface area contributed by atoms with E-state index in [1.165, 1.54) is 0 Å². The molecule has 0 aliphatic carbocycles. The molecule has 2 amide bonds. The molecule has 1 aromatic rings. The van der Waals surface area contributed by atoms with Gasteiger partial charge in [0.1, 0.15) is 6.04 Å². The second-order valence-corrected chi connectivity index (χ2v) is 4.83. The van der Waals surface area contributed by atoms with Crippen molar-refractivity contribution >= 4 is 23.4 Å². The minimum absolute atomic E-state index is 0.326. The van der Waals surface area contributed by atoms with Gasteiger partial charge in [-0.1, -0.05) is 35.4 Å². The van der Waals surface area contributed by atoms with Crippen LogP contribution in [0, 0.1) is 0 Å². The molecule has 1 atom stereocenters. The fourth-order valence-electron chi connectivity index (χ4n) is 1.48. The van der Waals surface area contributed by atoms with Crippen molar-refractivity contribution in [2.45, 2.75) is 26.3 Å². The van der Waals surface area contributed by atoms with Crippen LogP contribution < -0.4 is 11.1 Å². The predicted octanol–water partition coefficient (Wildman–Crippen LogP) is 2.28. The molecule has 0 radical (unpaired) electrons. The number of halogens is 1. The molecule has 1 rings (SSSR count). The van der Waals surface area contributed by atoms with Crippen molar-refractivity contribution in [1.29, 1.82) is 0 Å². The number of hydrogen-bond acceptors (Lipinski definition) is 2. The highest BCUT2D eigenvalue weighted by atomic mass is 35.5. The number of carbonyl (C=O) groups excluding carboxylic acids is 2. The number of primary amides is 1. The molecular formula is C14H17ClN2O2. The molecule has 0 saturated carbocycles. The Morgan fingerprint density at radius 3 is 2.53 bits per heavy atom. The first-order chi connectivity index (χ1) is 8.91. The summed E-state index contributed by atoms with van der Waals surface area (Å²) in [5.41, 5.74) is 6.65. The van der Waals surface area contributed by atoms with Gasteiger partial charge in [-0.2, -0.15) is 0 Å². The lowest BCUT2D eigenvalue weighted by Gasteiger charge is -2.14. The highest BCUT2D eigenvalue weighted by Crippen LogP contribution is 2.15. The Balaban J connectivity index is 2.80. The van der Waals surface area contributed by atoms with E-state index in [9.17, 15) is 9.59 Å². The first-order valence-corrected chi connectivity index (χ1v) is 6.27. The second kappa shape index (κ2) is 6.95. The summed E-state index contributed by atoms with van der Waals surface area (Å²) in [7, 11) is 0. The number of rotatable bonds is 5. The fraction of sp³-hybridized carbons (Fsp3) is 0.286. The van der Waals surface area contributed by atoms with E-state index in [1.54, 1.807) is 24.3 Å². The second-order valence-electron chi connectivity index (χ2n) is 4.43. The van der Waals surface area contributed by atoms with Crippen LogP contribution in [0.25, 0.3) is 0 Å². The first kappa shape index (κ1) is 15.2. The standard InChI is InChI=1S/C14H17ClN2O2/c1-9(2)7-8-12(13(16)18)17-14(19)10-5-3-4-6-11(10)15/h3-7,12H,8H2,1-2H3,(H2,16,18)(H,17,19)/t12-/m1/s1. The molecule has 0 unspecified atom stereocenters. The number of hydrogen-bond donors (Lipinski definition) is 2. The molecular weight excluding hydrogens is 264 g/mol. The molecule has 0 spiro atoms. The van der Waals surface area contributed by atoms with Crippen molar-refractivity contribution in [1.82, 2.24) is 5.32 Å². The average Bonchev–Trinajstić information content (AvgIpc) is 2.34. The zero-order chi connectivity index (χ0) is 14.4. The topological polar surface area (TPSA) is 72.2 Å². The summed E-state index contributed by atoms with van der Waals surface area (Å²) in [6.45, 7) is 3.82. The number of benzene rings is 1. The largest absolute Gasteiger partial charge is 0.368 e. The maximum atomic E-state index is 12.0. The monoisotopic (exact) mass is 280 g/mol. The Bertz CT molecular complexity index is 508. The minimum Gasteiger partial charge on any atom is -0.368 e. The molecule has 19 heavy (non-hydrogen) atoms. The number of carbonyl (C=O) groups is 2. The summed E-state index contributed by atoms with van der Waals surface area (Å²) in [4.78, 5) is 23.3. The molecule has 102 valence electrons. The van der Waals surface area contributed by atoms with Gasteiger partial charge >= 0.3 is 0 Å². The molecule has 0 aliphatic heterocycles. The SMILES string of the molecule is CC(C)=CC[C@@H](NC(=O)c1ccccc1Cl)C(N)=O. The molecule has 0 bridgehead atoms. The van der Waals surface area contributed by atoms with E-state index >= 15 is 0 Å². The van der Waals surface area contributed by atoms with Gasteiger partial charge in [0, 0.05) is 0 Å².